The predicted octanol–water partition coefficient (Wildman–Crippen LogP) is 3.29. The van der Waals surface area contributed by atoms with Crippen LogP contribution in [-0.4, -0.2) is 46.7 Å². The molecule has 0 aliphatic heterocycles. The Morgan fingerprint density at radius 1 is 1.03 bits per heavy atom. The highest BCUT2D eigenvalue weighted by molar-refractivity contribution is 7.89. The van der Waals surface area contributed by atoms with E-state index in [1.54, 1.807) is 26.0 Å². The maximum Gasteiger partial charge on any atom is 0.331 e. The fourth-order valence-corrected chi connectivity index (χ4v) is 4.59. The average Bonchev–Trinajstić information content (AvgIpc) is 2.83. The normalized spacial score (nSPS) is 11.7. The number of hydrogen-bond acceptors (Lipinski definition) is 9. The first kappa shape index (κ1) is 25.8. The number of ether oxygens (including phenoxy) is 1. The third-order valence-corrected chi connectivity index (χ3v) is 7.05. The second-order valence-electron chi connectivity index (χ2n) is 7.52. The number of carbonyl (C=O) groups excluding carboxylic acids is 1. The summed E-state index contributed by atoms with van der Waals surface area (Å²) in [5.41, 5.74) is 8.30. The van der Waals surface area contributed by atoms with Crippen molar-refractivity contribution in [3.63, 3.8) is 0 Å². The van der Waals surface area contributed by atoms with Crippen LogP contribution >= 0.6 is 0 Å². The molecule has 1 aromatic heterocycles. The number of aromatic nitrogens is 3. The zero-order valence-corrected chi connectivity index (χ0v) is 20.6. The highest BCUT2D eigenvalue weighted by Gasteiger charge is 2.20. The number of esters is 1. The zero-order valence-electron chi connectivity index (χ0n) is 19.8. The molecule has 0 bridgehead atoms. The van der Waals surface area contributed by atoms with Crippen LogP contribution in [0.1, 0.15) is 30.8 Å². The number of benzene rings is 2. The zero-order chi connectivity index (χ0) is 25.4. The third-order valence-electron chi connectivity index (χ3n) is 4.99. The van der Waals surface area contributed by atoms with Crippen molar-refractivity contribution >= 4 is 39.7 Å². The minimum atomic E-state index is -3.53. The molecule has 0 aliphatic carbocycles. The molecule has 0 saturated heterocycles. The summed E-state index contributed by atoms with van der Waals surface area (Å²) in [6, 6.07) is 13.9. The van der Waals surface area contributed by atoms with Gasteiger partial charge in [-0.05, 0) is 42.8 Å². The van der Waals surface area contributed by atoms with E-state index in [9.17, 15) is 13.2 Å². The number of nitrogens with zero attached hydrogens (tertiary/aromatic N) is 4. The summed E-state index contributed by atoms with van der Waals surface area (Å²) in [4.78, 5) is 24.6. The molecule has 2 aromatic carbocycles. The molecule has 0 saturated carbocycles. The summed E-state index contributed by atoms with van der Waals surface area (Å²) in [6.07, 6.45) is 2.77. The Kier molecular flexibility index (Phi) is 8.50. The summed E-state index contributed by atoms with van der Waals surface area (Å²) < 4.78 is 31.7. The van der Waals surface area contributed by atoms with Crippen molar-refractivity contribution in [2.45, 2.75) is 32.3 Å². The van der Waals surface area contributed by atoms with Gasteiger partial charge >= 0.3 is 5.97 Å². The fraction of sp³-hybridized carbons (Fsp3) is 0.250. The van der Waals surface area contributed by atoms with Gasteiger partial charge in [0.25, 0.3) is 0 Å². The minimum absolute atomic E-state index is 0.00374. The molecule has 0 spiro atoms. The lowest BCUT2D eigenvalue weighted by Gasteiger charge is -2.18. The highest BCUT2D eigenvalue weighted by Crippen LogP contribution is 2.17. The molecule has 0 atom stereocenters. The Morgan fingerprint density at radius 3 is 2.31 bits per heavy atom. The van der Waals surface area contributed by atoms with Crippen molar-refractivity contribution in [1.82, 2.24) is 19.3 Å². The summed E-state index contributed by atoms with van der Waals surface area (Å²) in [7, 11) is -3.53. The van der Waals surface area contributed by atoms with Crippen molar-refractivity contribution in [1.29, 1.82) is 0 Å². The number of rotatable bonds is 10. The van der Waals surface area contributed by atoms with E-state index in [1.165, 1.54) is 28.6 Å². The van der Waals surface area contributed by atoms with Crippen LogP contribution in [0.25, 0.3) is 6.08 Å². The van der Waals surface area contributed by atoms with E-state index in [1.807, 2.05) is 31.2 Å². The van der Waals surface area contributed by atoms with Crippen LogP contribution in [0.4, 0.5) is 17.6 Å². The Hall–Kier alpha value is -3.83. The van der Waals surface area contributed by atoms with Crippen LogP contribution in [0.3, 0.4) is 0 Å². The van der Waals surface area contributed by atoms with Crippen LogP contribution in [0.15, 0.2) is 59.5 Å². The molecule has 184 valence electrons. The molecule has 0 radical (unpaired) electrons. The Labute approximate surface area is 204 Å². The van der Waals surface area contributed by atoms with Crippen molar-refractivity contribution < 1.29 is 17.9 Å². The Balaban J connectivity index is 1.59. The number of nitrogen functional groups attached to an aromatic ring is 1. The van der Waals surface area contributed by atoms with E-state index >= 15 is 0 Å². The van der Waals surface area contributed by atoms with Gasteiger partial charge in [-0.1, -0.05) is 43.7 Å². The molecular weight excluding hydrogens is 468 g/mol. The molecule has 10 nitrogen and oxygen atoms in total. The lowest BCUT2D eigenvalue weighted by Crippen LogP contribution is -2.30. The number of nitrogens with one attached hydrogen (secondary N) is 1. The lowest BCUT2D eigenvalue weighted by molar-refractivity contribution is -0.139. The number of carbonyl (C=O) groups is 1. The van der Waals surface area contributed by atoms with Gasteiger partial charge in [-0.3, -0.25) is 0 Å². The van der Waals surface area contributed by atoms with Gasteiger partial charge in [-0.2, -0.15) is 19.3 Å². The monoisotopic (exact) mass is 496 g/mol. The largest absolute Gasteiger partial charge is 0.454 e. The predicted molar refractivity (Wildman–Crippen MR) is 134 cm³/mol. The van der Waals surface area contributed by atoms with E-state index in [2.05, 4.69) is 20.3 Å². The standard InChI is InChI=1S/C24H28N6O4S/c1-4-30(5-2)35(32,33)20-13-8-18(9-14-20)10-15-22(31)34-16-21-27-23(25)29-24(28-21)26-19-11-6-17(3)7-12-19/h6-15H,4-5,16H2,1-3H3,(H3,25,26,27,28,29)/b15-10+. The van der Waals surface area contributed by atoms with E-state index in [-0.39, 0.29) is 29.2 Å². The maximum atomic E-state index is 12.6. The summed E-state index contributed by atoms with van der Waals surface area (Å²) in [5, 5.41) is 3.03. The maximum absolute atomic E-state index is 12.6. The smallest absolute Gasteiger partial charge is 0.331 e. The molecule has 0 unspecified atom stereocenters. The minimum Gasteiger partial charge on any atom is -0.454 e. The van der Waals surface area contributed by atoms with Crippen LogP contribution in [0.2, 0.25) is 0 Å². The summed E-state index contributed by atoms with van der Waals surface area (Å²) >= 11 is 0. The van der Waals surface area contributed by atoms with Gasteiger partial charge in [0.1, 0.15) is 0 Å². The molecule has 35 heavy (non-hydrogen) atoms. The van der Waals surface area contributed by atoms with Gasteiger partial charge in [0.15, 0.2) is 12.4 Å². The number of anilines is 3. The van der Waals surface area contributed by atoms with Crippen molar-refractivity contribution in [2.75, 3.05) is 24.1 Å². The van der Waals surface area contributed by atoms with Crippen LogP contribution in [0, 0.1) is 6.92 Å². The SMILES string of the molecule is CCN(CC)S(=O)(=O)c1ccc(/C=C/C(=O)OCc2nc(N)nc(Nc3ccc(C)cc3)n2)cc1. The van der Waals surface area contributed by atoms with Crippen molar-refractivity contribution in [3.8, 4) is 0 Å². The number of hydrogen-bond donors (Lipinski definition) is 2. The van der Waals surface area contributed by atoms with E-state index in [0.29, 0.717) is 18.7 Å². The number of sulfonamides is 1. The molecule has 1 heterocycles. The topological polar surface area (TPSA) is 140 Å². The second kappa shape index (κ2) is 11.5. The van der Waals surface area contributed by atoms with E-state index < -0.39 is 16.0 Å². The Morgan fingerprint density at radius 2 is 1.69 bits per heavy atom. The molecule has 0 fully saturated rings. The summed E-state index contributed by atoms with van der Waals surface area (Å²) in [6.45, 7) is 6.15. The lowest BCUT2D eigenvalue weighted by atomic mass is 10.2. The first-order valence-electron chi connectivity index (χ1n) is 11.0. The molecular formula is C24H28N6O4S. The van der Waals surface area contributed by atoms with Crippen LogP contribution < -0.4 is 11.1 Å². The van der Waals surface area contributed by atoms with Crippen LogP contribution in [-0.2, 0) is 26.2 Å². The first-order valence-corrected chi connectivity index (χ1v) is 12.4. The molecule has 0 amide bonds. The second-order valence-corrected chi connectivity index (χ2v) is 9.46. The fourth-order valence-electron chi connectivity index (χ4n) is 3.14. The number of aryl methyl sites for hydroxylation is 1. The van der Waals surface area contributed by atoms with Gasteiger partial charge in [-0.25, -0.2) is 13.2 Å². The van der Waals surface area contributed by atoms with E-state index in [4.69, 9.17) is 10.5 Å². The molecule has 3 rings (SSSR count). The molecule has 11 heteroatoms. The van der Waals surface area contributed by atoms with Gasteiger partial charge in [0.05, 0.1) is 4.90 Å². The number of nitrogens with two attached hydrogens (primary N) is 1. The average molecular weight is 497 g/mol. The molecule has 3 N–H and O–H groups in total. The first-order chi connectivity index (χ1) is 16.7. The van der Waals surface area contributed by atoms with E-state index in [0.717, 1.165) is 11.3 Å². The summed E-state index contributed by atoms with van der Waals surface area (Å²) in [5.74, 6) is -0.185. The molecule has 3 aromatic rings. The van der Waals surface area contributed by atoms with Crippen molar-refractivity contribution in [2.24, 2.45) is 0 Å². The molecule has 0 aliphatic rings. The highest BCUT2D eigenvalue weighted by atomic mass is 32.2. The van der Waals surface area contributed by atoms with Gasteiger partial charge in [-0.15, -0.1) is 0 Å². The van der Waals surface area contributed by atoms with Crippen molar-refractivity contribution in [3.05, 3.63) is 71.6 Å². The Bertz CT molecular complexity index is 1290. The van der Waals surface area contributed by atoms with Crippen LogP contribution in [0.5, 0.6) is 0 Å². The van der Waals surface area contributed by atoms with Gasteiger partial charge in [0, 0.05) is 24.9 Å². The quantitative estimate of drug-likeness (QED) is 0.319. The van der Waals surface area contributed by atoms with Gasteiger partial charge in [0.2, 0.25) is 21.9 Å². The third kappa shape index (κ3) is 7.08. The van der Waals surface area contributed by atoms with Gasteiger partial charge < -0.3 is 15.8 Å².